The van der Waals surface area contributed by atoms with E-state index in [0.717, 1.165) is 18.7 Å². The van der Waals surface area contributed by atoms with Crippen LogP contribution in [0.4, 0.5) is 0 Å². The number of nitrogens with one attached hydrogen (secondary N) is 1. The Balaban J connectivity index is 2.05. The van der Waals surface area contributed by atoms with Gasteiger partial charge in [0.05, 0.1) is 16.9 Å². The van der Waals surface area contributed by atoms with E-state index in [1.165, 1.54) is 30.5 Å². The van der Waals surface area contributed by atoms with E-state index in [0.29, 0.717) is 16.1 Å². The maximum atomic E-state index is 6.34. The minimum Gasteiger partial charge on any atom is -0.310 e. The molecular formula is C16H19Cl2N3. The highest BCUT2D eigenvalue weighted by Gasteiger charge is 2.23. The molecule has 0 saturated carbocycles. The van der Waals surface area contributed by atoms with Crippen LogP contribution in [0.5, 0.6) is 0 Å². The molecular weight excluding hydrogens is 305 g/mol. The van der Waals surface area contributed by atoms with Gasteiger partial charge >= 0.3 is 0 Å². The Hall–Kier alpha value is -1.03. The molecule has 2 aromatic rings. The van der Waals surface area contributed by atoms with Gasteiger partial charge in [0, 0.05) is 22.3 Å². The third-order valence-corrected chi connectivity index (χ3v) is 4.56. The van der Waals surface area contributed by atoms with Crippen molar-refractivity contribution in [2.75, 3.05) is 6.54 Å². The predicted molar refractivity (Wildman–Crippen MR) is 87.6 cm³/mol. The van der Waals surface area contributed by atoms with Crippen LogP contribution in [-0.4, -0.2) is 16.3 Å². The minimum atomic E-state index is 0.396. The fourth-order valence-corrected chi connectivity index (χ4v) is 3.53. The van der Waals surface area contributed by atoms with Gasteiger partial charge in [-0.1, -0.05) is 36.5 Å². The molecule has 3 nitrogen and oxygen atoms in total. The lowest BCUT2D eigenvalue weighted by Gasteiger charge is -2.15. The van der Waals surface area contributed by atoms with E-state index in [4.69, 9.17) is 23.2 Å². The van der Waals surface area contributed by atoms with Gasteiger partial charge < -0.3 is 5.32 Å². The van der Waals surface area contributed by atoms with Crippen molar-refractivity contribution in [3.63, 3.8) is 0 Å². The normalized spacial score (nSPS) is 18.3. The average molecular weight is 324 g/mol. The van der Waals surface area contributed by atoms with Gasteiger partial charge in [-0.15, -0.1) is 0 Å². The lowest BCUT2D eigenvalue weighted by Crippen LogP contribution is -2.20. The van der Waals surface area contributed by atoms with Gasteiger partial charge in [0.25, 0.3) is 0 Å². The fourth-order valence-electron chi connectivity index (χ4n) is 3.04. The van der Waals surface area contributed by atoms with Crippen molar-refractivity contribution in [2.24, 2.45) is 0 Å². The molecule has 21 heavy (non-hydrogen) atoms. The molecule has 1 N–H and O–H groups in total. The summed E-state index contributed by atoms with van der Waals surface area (Å²) in [6.45, 7) is 3.11. The summed E-state index contributed by atoms with van der Waals surface area (Å²) < 4.78 is 1.98. The van der Waals surface area contributed by atoms with Crippen LogP contribution in [0.15, 0.2) is 24.4 Å². The Morgan fingerprint density at radius 1 is 1.33 bits per heavy atom. The van der Waals surface area contributed by atoms with Crippen LogP contribution < -0.4 is 5.32 Å². The number of halogens is 2. The summed E-state index contributed by atoms with van der Waals surface area (Å²) in [7, 11) is 0. The van der Waals surface area contributed by atoms with Crippen molar-refractivity contribution in [2.45, 2.75) is 38.6 Å². The standard InChI is InChI=1S/C16H19Cl2N3/c1-2-19-14-5-3-4-6-15-12(14)10-20-21(15)16-8-7-11(17)9-13(16)18/h7-10,14,19H,2-6H2,1H3. The average Bonchev–Trinajstić information content (AvgIpc) is 2.76. The zero-order chi connectivity index (χ0) is 14.8. The molecule has 1 atom stereocenters. The number of aromatic nitrogens is 2. The predicted octanol–water partition coefficient (Wildman–Crippen LogP) is 4.56. The Morgan fingerprint density at radius 3 is 2.95 bits per heavy atom. The molecule has 0 spiro atoms. The highest BCUT2D eigenvalue weighted by atomic mass is 35.5. The molecule has 0 aliphatic heterocycles. The summed E-state index contributed by atoms with van der Waals surface area (Å²) in [5.74, 6) is 0. The summed E-state index contributed by atoms with van der Waals surface area (Å²) in [5.41, 5.74) is 3.47. The van der Waals surface area contributed by atoms with Gasteiger partial charge in [-0.05, 0) is 44.0 Å². The van der Waals surface area contributed by atoms with Gasteiger partial charge in [-0.2, -0.15) is 5.10 Å². The van der Waals surface area contributed by atoms with Crippen LogP contribution in [0.25, 0.3) is 5.69 Å². The number of hydrogen-bond donors (Lipinski definition) is 1. The van der Waals surface area contributed by atoms with E-state index in [1.54, 1.807) is 6.07 Å². The Morgan fingerprint density at radius 2 is 2.19 bits per heavy atom. The Labute approximate surface area is 135 Å². The minimum absolute atomic E-state index is 0.396. The van der Waals surface area contributed by atoms with E-state index >= 15 is 0 Å². The molecule has 5 heteroatoms. The molecule has 1 aliphatic rings. The summed E-state index contributed by atoms with van der Waals surface area (Å²) in [6, 6.07) is 5.96. The van der Waals surface area contributed by atoms with Gasteiger partial charge in [0.2, 0.25) is 0 Å². The van der Waals surface area contributed by atoms with Crippen molar-refractivity contribution in [1.82, 2.24) is 15.1 Å². The SMILES string of the molecule is CCNC1CCCCc2c1cnn2-c1ccc(Cl)cc1Cl. The number of rotatable bonds is 3. The number of nitrogens with zero attached hydrogens (tertiary/aromatic N) is 2. The third-order valence-electron chi connectivity index (χ3n) is 4.02. The molecule has 3 rings (SSSR count). The molecule has 1 aliphatic carbocycles. The Bertz CT molecular complexity index is 636. The van der Waals surface area contributed by atoms with Crippen LogP contribution in [-0.2, 0) is 6.42 Å². The van der Waals surface area contributed by atoms with Crippen molar-refractivity contribution >= 4 is 23.2 Å². The number of hydrogen-bond acceptors (Lipinski definition) is 2. The second-order valence-electron chi connectivity index (χ2n) is 5.41. The van der Waals surface area contributed by atoms with E-state index in [1.807, 2.05) is 23.0 Å². The van der Waals surface area contributed by atoms with E-state index in [9.17, 15) is 0 Å². The highest BCUT2D eigenvalue weighted by Crippen LogP contribution is 2.32. The monoisotopic (exact) mass is 323 g/mol. The van der Waals surface area contributed by atoms with Crippen molar-refractivity contribution in [3.05, 3.63) is 45.7 Å². The lowest BCUT2D eigenvalue weighted by atomic mass is 10.1. The molecule has 1 aromatic heterocycles. The second kappa shape index (κ2) is 6.39. The summed E-state index contributed by atoms with van der Waals surface area (Å²) in [6.07, 6.45) is 6.61. The summed E-state index contributed by atoms with van der Waals surface area (Å²) >= 11 is 12.3. The first kappa shape index (κ1) is 14.9. The number of benzene rings is 1. The van der Waals surface area contributed by atoms with Gasteiger partial charge in [0.1, 0.15) is 0 Å². The van der Waals surface area contributed by atoms with Crippen molar-refractivity contribution in [3.8, 4) is 5.69 Å². The molecule has 112 valence electrons. The summed E-state index contributed by atoms with van der Waals surface area (Å²) in [5, 5.41) is 9.43. The first-order chi connectivity index (χ1) is 10.2. The van der Waals surface area contributed by atoms with E-state index in [2.05, 4.69) is 17.3 Å². The smallest absolute Gasteiger partial charge is 0.0836 e. The third kappa shape index (κ3) is 2.96. The highest BCUT2D eigenvalue weighted by molar-refractivity contribution is 6.35. The zero-order valence-electron chi connectivity index (χ0n) is 12.1. The molecule has 0 radical (unpaired) electrons. The molecule has 0 amide bonds. The topological polar surface area (TPSA) is 29.9 Å². The largest absolute Gasteiger partial charge is 0.310 e. The first-order valence-electron chi connectivity index (χ1n) is 7.46. The molecule has 0 fully saturated rings. The lowest BCUT2D eigenvalue weighted by molar-refractivity contribution is 0.503. The fraction of sp³-hybridized carbons (Fsp3) is 0.438. The van der Waals surface area contributed by atoms with Crippen LogP contribution in [0.1, 0.15) is 43.5 Å². The van der Waals surface area contributed by atoms with E-state index in [-0.39, 0.29) is 0 Å². The summed E-state index contributed by atoms with van der Waals surface area (Å²) in [4.78, 5) is 0. The van der Waals surface area contributed by atoms with Crippen molar-refractivity contribution < 1.29 is 0 Å². The van der Waals surface area contributed by atoms with Gasteiger partial charge in [-0.3, -0.25) is 0 Å². The van der Waals surface area contributed by atoms with Crippen LogP contribution in [0.3, 0.4) is 0 Å². The number of fused-ring (bicyclic) bond motifs is 1. The quantitative estimate of drug-likeness (QED) is 0.839. The molecule has 1 unspecified atom stereocenters. The maximum absolute atomic E-state index is 6.34. The Kier molecular flexibility index (Phi) is 4.53. The van der Waals surface area contributed by atoms with Crippen LogP contribution >= 0.6 is 23.2 Å². The van der Waals surface area contributed by atoms with Gasteiger partial charge in [0.15, 0.2) is 0 Å². The van der Waals surface area contributed by atoms with Gasteiger partial charge in [-0.25, -0.2) is 4.68 Å². The van der Waals surface area contributed by atoms with Crippen molar-refractivity contribution in [1.29, 1.82) is 0 Å². The second-order valence-corrected chi connectivity index (χ2v) is 6.25. The first-order valence-corrected chi connectivity index (χ1v) is 8.22. The van der Waals surface area contributed by atoms with Crippen LogP contribution in [0, 0.1) is 0 Å². The molecule has 1 aromatic carbocycles. The zero-order valence-corrected chi connectivity index (χ0v) is 13.6. The van der Waals surface area contributed by atoms with E-state index < -0.39 is 0 Å². The molecule has 0 bridgehead atoms. The van der Waals surface area contributed by atoms with Crippen LogP contribution in [0.2, 0.25) is 10.0 Å². The molecule has 0 saturated heterocycles. The maximum Gasteiger partial charge on any atom is 0.0836 e. The molecule has 1 heterocycles.